The second kappa shape index (κ2) is 10.1. The summed E-state index contributed by atoms with van der Waals surface area (Å²) in [5.41, 5.74) is 4.74. The van der Waals surface area contributed by atoms with E-state index in [0.29, 0.717) is 11.4 Å². The number of pyridine rings is 2. The summed E-state index contributed by atoms with van der Waals surface area (Å²) in [7, 11) is 1.64. The van der Waals surface area contributed by atoms with Crippen LogP contribution in [0.5, 0.6) is 5.75 Å². The number of alkyl halides is 1. The first-order chi connectivity index (χ1) is 18.1. The fourth-order valence-electron chi connectivity index (χ4n) is 5.49. The van der Waals surface area contributed by atoms with Crippen molar-refractivity contribution in [2.24, 2.45) is 0 Å². The van der Waals surface area contributed by atoms with Crippen molar-refractivity contribution in [3.63, 3.8) is 0 Å². The van der Waals surface area contributed by atoms with Gasteiger partial charge in [-0.1, -0.05) is 13.8 Å². The predicted molar refractivity (Wildman–Crippen MR) is 148 cm³/mol. The first kappa shape index (κ1) is 26.4. The van der Waals surface area contributed by atoms with Gasteiger partial charge >= 0.3 is 0 Å². The van der Waals surface area contributed by atoms with Crippen molar-refractivity contribution in [2.75, 3.05) is 31.6 Å². The summed E-state index contributed by atoms with van der Waals surface area (Å²) in [5, 5.41) is 18.7. The van der Waals surface area contributed by atoms with Gasteiger partial charge < -0.3 is 25.0 Å². The van der Waals surface area contributed by atoms with Crippen LogP contribution >= 0.6 is 0 Å². The molecule has 0 spiro atoms. The number of nitrogens with one attached hydrogen (secondary N) is 2. The number of rotatable bonds is 8. The second-order valence-corrected chi connectivity index (χ2v) is 11.2. The molecule has 1 saturated heterocycles. The average Bonchev–Trinajstić information content (AvgIpc) is 3.52. The molecule has 0 radical (unpaired) electrons. The van der Waals surface area contributed by atoms with Crippen molar-refractivity contribution in [1.29, 1.82) is 0 Å². The zero-order valence-corrected chi connectivity index (χ0v) is 23.0. The van der Waals surface area contributed by atoms with E-state index in [2.05, 4.69) is 46.1 Å². The Bertz CT molecular complexity index is 1430. The third-order valence-corrected chi connectivity index (χ3v) is 7.67. The van der Waals surface area contributed by atoms with Crippen molar-refractivity contribution in [1.82, 2.24) is 29.9 Å². The number of methoxy groups -OCH3 is 1. The lowest BCUT2D eigenvalue weighted by Gasteiger charge is -2.35. The SMILES string of the molecule is COc1cc(-c2[nH]c3cnc(N4CCC(NC[C@@H](F)C(C)(C)O)CC4)c(C)c3c2C(C)C)cn2ncnc12. The van der Waals surface area contributed by atoms with Crippen LogP contribution in [0.1, 0.15) is 57.6 Å². The highest BCUT2D eigenvalue weighted by atomic mass is 19.1. The van der Waals surface area contributed by atoms with E-state index < -0.39 is 11.8 Å². The van der Waals surface area contributed by atoms with Crippen LogP contribution in [0.2, 0.25) is 0 Å². The molecule has 0 aliphatic carbocycles. The zero-order valence-electron chi connectivity index (χ0n) is 23.0. The summed E-state index contributed by atoms with van der Waals surface area (Å²) in [6.07, 6.45) is 5.92. The Balaban J connectivity index is 1.43. The molecule has 5 rings (SSSR count). The number of aromatic nitrogens is 5. The summed E-state index contributed by atoms with van der Waals surface area (Å²) < 4.78 is 21.5. The van der Waals surface area contributed by atoms with Crippen LogP contribution in [0.25, 0.3) is 27.8 Å². The highest BCUT2D eigenvalue weighted by Crippen LogP contribution is 2.40. The Morgan fingerprint density at radius 3 is 2.66 bits per heavy atom. The van der Waals surface area contributed by atoms with Gasteiger partial charge in [0.15, 0.2) is 11.4 Å². The van der Waals surface area contributed by atoms with Crippen LogP contribution in [0.4, 0.5) is 10.2 Å². The number of hydrogen-bond donors (Lipinski definition) is 3. The van der Waals surface area contributed by atoms with Gasteiger partial charge in [0.05, 0.1) is 30.1 Å². The quantitative estimate of drug-likeness (QED) is 0.315. The fourth-order valence-corrected chi connectivity index (χ4v) is 5.49. The Labute approximate surface area is 222 Å². The maximum atomic E-state index is 14.2. The molecule has 3 N–H and O–H groups in total. The summed E-state index contributed by atoms with van der Waals surface area (Å²) in [5.74, 6) is 1.93. The smallest absolute Gasteiger partial charge is 0.197 e. The van der Waals surface area contributed by atoms with E-state index in [-0.39, 0.29) is 18.5 Å². The highest BCUT2D eigenvalue weighted by molar-refractivity contribution is 5.95. The van der Waals surface area contributed by atoms with Gasteiger partial charge in [-0.15, -0.1) is 0 Å². The molecule has 0 bridgehead atoms. The van der Waals surface area contributed by atoms with E-state index in [1.807, 2.05) is 18.5 Å². The largest absolute Gasteiger partial charge is 0.493 e. The lowest BCUT2D eigenvalue weighted by molar-refractivity contribution is -0.00359. The van der Waals surface area contributed by atoms with Crippen LogP contribution in [0, 0.1) is 6.92 Å². The summed E-state index contributed by atoms with van der Waals surface area (Å²) in [4.78, 5) is 15.1. The lowest BCUT2D eigenvalue weighted by Crippen LogP contribution is -2.47. The Morgan fingerprint density at radius 1 is 1.26 bits per heavy atom. The number of H-pyrrole nitrogens is 1. The monoisotopic (exact) mass is 523 g/mol. The normalized spacial score (nSPS) is 16.2. The summed E-state index contributed by atoms with van der Waals surface area (Å²) >= 11 is 0. The van der Waals surface area contributed by atoms with Gasteiger partial charge in [-0.3, -0.25) is 0 Å². The number of anilines is 1. The standard InChI is InChI=1S/C28H38FN7O2/c1-16(2)23-24-17(3)26(35-9-7-19(8-10-35)30-13-22(29)28(4,5)37)31-12-20(24)34-25(23)18-11-21(38-6)27-32-15-33-36(27)14-18/h11-12,14-16,19,22,30,34,37H,7-10,13H2,1-6H3/t22-/m1/s1. The van der Waals surface area contributed by atoms with Crippen molar-refractivity contribution in [2.45, 2.75) is 71.2 Å². The molecule has 38 heavy (non-hydrogen) atoms. The van der Waals surface area contributed by atoms with Crippen LogP contribution in [-0.4, -0.2) is 74.2 Å². The number of fused-ring (bicyclic) bond motifs is 2. The summed E-state index contributed by atoms with van der Waals surface area (Å²) in [6.45, 7) is 11.4. The molecular formula is C28H38FN7O2. The third kappa shape index (κ3) is 4.82. The van der Waals surface area contributed by atoms with Gasteiger partial charge in [-0.2, -0.15) is 5.10 Å². The van der Waals surface area contributed by atoms with Gasteiger partial charge in [0.25, 0.3) is 0 Å². The average molecular weight is 524 g/mol. The Kier molecular flexibility index (Phi) is 7.04. The topological polar surface area (TPSA) is 104 Å². The highest BCUT2D eigenvalue weighted by Gasteiger charge is 2.29. The van der Waals surface area contributed by atoms with E-state index in [1.54, 1.807) is 11.6 Å². The molecular weight excluding hydrogens is 485 g/mol. The van der Waals surface area contributed by atoms with E-state index >= 15 is 0 Å². The molecule has 1 fully saturated rings. The predicted octanol–water partition coefficient (Wildman–Crippen LogP) is 4.38. The minimum Gasteiger partial charge on any atom is -0.493 e. The molecule has 5 heterocycles. The molecule has 204 valence electrons. The molecule has 0 unspecified atom stereocenters. The number of aliphatic hydroxyl groups is 1. The minimum absolute atomic E-state index is 0.159. The van der Waals surface area contributed by atoms with Gasteiger partial charge in [-0.25, -0.2) is 18.9 Å². The maximum Gasteiger partial charge on any atom is 0.197 e. The van der Waals surface area contributed by atoms with E-state index in [9.17, 15) is 9.50 Å². The zero-order chi connectivity index (χ0) is 27.2. The van der Waals surface area contributed by atoms with Crippen molar-refractivity contribution in [3.8, 4) is 17.0 Å². The molecule has 1 aliphatic heterocycles. The molecule has 0 amide bonds. The van der Waals surface area contributed by atoms with Crippen molar-refractivity contribution >= 4 is 22.4 Å². The number of ether oxygens (including phenoxy) is 1. The van der Waals surface area contributed by atoms with Gasteiger partial charge in [0, 0.05) is 48.4 Å². The summed E-state index contributed by atoms with van der Waals surface area (Å²) in [6, 6.07) is 2.23. The molecule has 1 atom stereocenters. The minimum atomic E-state index is -1.33. The maximum absolute atomic E-state index is 14.2. The molecule has 4 aromatic rings. The number of aryl methyl sites for hydroxylation is 1. The Hall–Kier alpha value is -3.24. The number of halogens is 1. The Morgan fingerprint density at radius 2 is 2.00 bits per heavy atom. The van der Waals surface area contributed by atoms with Crippen LogP contribution in [0.3, 0.4) is 0 Å². The van der Waals surface area contributed by atoms with Gasteiger partial charge in [0.1, 0.15) is 18.3 Å². The van der Waals surface area contributed by atoms with E-state index in [4.69, 9.17) is 9.72 Å². The number of hydrogen-bond acceptors (Lipinski definition) is 7. The third-order valence-electron chi connectivity index (χ3n) is 7.67. The molecule has 0 aromatic carbocycles. The van der Waals surface area contributed by atoms with Crippen LogP contribution in [0.15, 0.2) is 24.8 Å². The van der Waals surface area contributed by atoms with Crippen molar-refractivity contribution < 1.29 is 14.2 Å². The molecule has 10 heteroatoms. The van der Waals surface area contributed by atoms with Crippen LogP contribution < -0.4 is 15.0 Å². The van der Waals surface area contributed by atoms with Crippen LogP contribution in [-0.2, 0) is 0 Å². The van der Waals surface area contributed by atoms with Gasteiger partial charge in [0.2, 0.25) is 0 Å². The first-order valence-electron chi connectivity index (χ1n) is 13.3. The number of piperidine rings is 1. The van der Waals surface area contributed by atoms with E-state index in [0.717, 1.165) is 54.1 Å². The van der Waals surface area contributed by atoms with E-state index in [1.165, 1.54) is 31.1 Å². The lowest BCUT2D eigenvalue weighted by atomic mass is 9.94. The first-order valence-corrected chi connectivity index (χ1v) is 13.3. The molecule has 1 aliphatic rings. The molecule has 9 nitrogen and oxygen atoms in total. The second-order valence-electron chi connectivity index (χ2n) is 11.2. The fraction of sp³-hybridized carbons (Fsp3) is 0.536. The van der Waals surface area contributed by atoms with Crippen molar-refractivity contribution in [3.05, 3.63) is 35.9 Å². The molecule has 4 aromatic heterocycles. The number of aromatic amines is 1. The molecule has 0 saturated carbocycles. The van der Waals surface area contributed by atoms with Gasteiger partial charge in [-0.05, 0) is 51.2 Å². The number of nitrogens with zero attached hydrogens (tertiary/aromatic N) is 5.